The molecule has 2 aromatic rings. The zero-order valence-corrected chi connectivity index (χ0v) is 8.83. The summed E-state index contributed by atoms with van der Waals surface area (Å²) < 4.78 is 1.57. The van der Waals surface area contributed by atoms with Gasteiger partial charge in [0.2, 0.25) is 0 Å². The molecule has 5 heteroatoms. The number of nitriles is 1. The Kier molecular flexibility index (Phi) is 2.66. The Labute approximate surface area is 93.1 Å². The molecule has 0 bridgehead atoms. The quantitative estimate of drug-likeness (QED) is 0.811. The minimum atomic E-state index is -0.0917. The SMILES string of the molecule is C[C@@H](N)c1ccccc1-n1cnc(C#N)n1. The molecule has 16 heavy (non-hydrogen) atoms. The second kappa shape index (κ2) is 4.13. The first-order chi connectivity index (χ1) is 7.72. The van der Waals surface area contributed by atoms with Crippen LogP contribution in [0.5, 0.6) is 0 Å². The highest BCUT2D eigenvalue weighted by atomic mass is 15.3. The molecule has 0 aliphatic rings. The number of nitrogens with two attached hydrogens (primary N) is 1. The molecule has 1 atom stereocenters. The third-order valence-corrected chi connectivity index (χ3v) is 2.27. The number of rotatable bonds is 2. The Hall–Kier alpha value is -2.19. The van der Waals surface area contributed by atoms with Crippen LogP contribution in [0.15, 0.2) is 30.6 Å². The minimum Gasteiger partial charge on any atom is -0.324 e. The van der Waals surface area contributed by atoms with Crippen LogP contribution in [0.25, 0.3) is 5.69 Å². The van der Waals surface area contributed by atoms with Crippen LogP contribution in [0.3, 0.4) is 0 Å². The summed E-state index contributed by atoms with van der Waals surface area (Å²) in [6.45, 7) is 1.90. The number of benzene rings is 1. The average Bonchev–Trinajstić information content (AvgIpc) is 2.77. The predicted octanol–water partition coefficient (Wildman–Crippen LogP) is 1.16. The minimum absolute atomic E-state index is 0.0917. The number of aromatic nitrogens is 3. The maximum Gasteiger partial charge on any atom is 0.252 e. The monoisotopic (exact) mass is 213 g/mol. The predicted molar refractivity (Wildman–Crippen MR) is 58.7 cm³/mol. The molecule has 0 fully saturated rings. The van der Waals surface area contributed by atoms with Gasteiger partial charge in [0.1, 0.15) is 12.4 Å². The van der Waals surface area contributed by atoms with Gasteiger partial charge in [-0.2, -0.15) is 5.26 Å². The first-order valence-corrected chi connectivity index (χ1v) is 4.89. The molecule has 1 heterocycles. The van der Waals surface area contributed by atoms with Gasteiger partial charge in [-0.05, 0) is 18.6 Å². The van der Waals surface area contributed by atoms with Crippen LogP contribution in [-0.4, -0.2) is 14.8 Å². The lowest BCUT2D eigenvalue weighted by molar-refractivity contribution is 0.779. The van der Waals surface area contributed by atoms with Gasteiger partial charge in [-0.15, -0.1) is 5.10 Å². The number of hydrogen-bond acceptors (Lipinski definition) is 4. The lowest BCUT2D eigenvalue weighted by atomic mass is 10.1. The van der Waals surface area contributed by atoms with Crippen molar-refractivity contribution < 1.29 is 0 Å². The van der Waals surface area contributed by atoms with Gasteiger partial charge in [0.25, 0.3) is 5.82 Å². The summed E-state index contributed by atoms with van der Waals surface area (Å²) in [6.07, 6.45) is 1.51. The fourth-order valence-corrected chi connectivity index (χ4v) is 1.51. The molecule has 80 valence electrons. The molecule has 2 N–H and O–H groups in total. The summed E-state index contributed by atoms with van der Waals surface area (Å²) in [4.78, 5) is 3.86. The zero-order chi connectivity index (χ0) is 11.5. The van der Waals surface area contributed by atoms with Crippen molar-refractivity contribution in [1.29, 1.82) is 5.26 Å². The van der Waals surface area contributed by atoms with E-state index in [-0.39, 0.29) is 11.9 Å². The van der Waals surface area contributed by atoms with Gasteiger partial charge in [-0.1, -0.05) is 18.2 Å². The van der Waals surface area contributed by atoms with E-state index in [4.69, 9.17) is 11.0 Å². The molecule has 0 saturated heterocycles. The normalized spacial score (nSPS) is 12.1. The highest BCUT2D eigenvalue weighted by Crippen LogP contribution is 2.18. The third-order valence-electron chi connectivity index (χ3n) is 2.27. The van der Waals surface area contributed by atoms with Crippen LogP contribution in [0.1, 0.15) is 24.4 Å². The molecule has 0 aliphatic carbocycles. The van der Waals surface area contributed by atoms with E-state index in [9.17, 15) is 0 Å². The molecule has 1 aromatic heterocycles. The highest BCUT2D eigenvalue weighted by Gasteiger charge is 2.09. The average molecular weight is 213 g/mol. The standard InChI is InChI=1S/C11H11N5/c1-8(13)9-4-2-3-5-10(9)16-7-14-11(6-12)15-16/h2-5,7-8H,13H2,1H3/t8-/m1/s1. The first-order valence-electron chi connectivity index (χ1n) is 4.89. The van der Waals surface area contributed by atoms with E-state index in [2.05, 4.69) is 10.1 Å². The molecule has 0 amide bonds. The molecular weight excluding hydrogens is 202 g/mol. The first kappa shape index (κ1) is 10.3. The van der Waals surface area contributed by atoms with Gasteiger partial charge in [0.05, 0.1) is 5.69 Å². The van der Waals surface area contributed by atoms with Crippen molar-refractivity contribution in [2.75, 3.05) is 0 Å². The van der Waals surface area contributed by atoms with Crippen LogP contribution < -0.4 is 5.73 Å². The van der Waals surface area contributed by atoms with Gasteiger partial charge in [-0.25, -0.2) is 9.67 Å². The number of para-hydroxylation sites is 1. The lowest BCUT2D eigenvalue weighted by Crippen LogP contribution is -2.10. The Morgan fingerprint density at radius 1 is 1.44 bits per heavy atom. The van der Waals surface area contributed by atoms with Crippen LogP contribution in [0, 0.1) is 11.3 Å². The molecule has 0 aliphatic heterocycles. The van der Waals surface area contributed by atoms with Crippen molar-refractivity contribution in [3.05, 3.63) is 42.0 Å². The van der Waals surface area contributed by atoms with Crippen LogP contribution in [0.4, 0.5) is 0 Å². The summed E-state index contributed by atoms with van der Waals surface area (Å²) in [5.41, 5.74) is 7.69. The largest absolute Gasteiger partial charge is 0.324 e. The van der Waals surface area contributed by atoms with E-state index in [1.807, 2.05) is 37.3 Å². The molecule has 2 rings (SSSR count). The lowest BCUT2D eigenvalue weighted by Gasteiger charge is -2.11. The topological polar surface area (TPSA) is 80.5 Å². The van der Waals surface area contributed by atoms with E-state index >= 15 is 0 Å². The Balaban J connectivity index is 2.52. The molecule has 1 aromatic carbocycles. The molecule has 0 unspecified atom stereocenters. The fourth-order valence-electron chi connectivity index (χ4n) is 1.51. The van der Waals surface area contributed by atoms with E-state index < -0.39 is 0 Å². The van der Waals surface area contributed by atoms with E-state index in [0.717, 1.165) is 11.3 Å². The van der Waals surface area contributed by atoms with Crippen molar-refractivity contribution in [2.45, 2.75) is 13.0 Å². The smallest absolute Gasteiger partial charge is 0.252 e. The zero-order valence-electron chi connectivity index (χ0n) is 8.83. The number of hydrogen-bond donors (Lipinski definition) is 1. The Bertz CT molecular complexity index is 535. The summed E-state index contributed by atoms with van der Waals surface area (Å²) in [6, 6.07) is 9.45. The summed E-state index contributed by atoms with van der Waals surface area (Å²) in [5.74, 6) is 0.152. The van der Waals surface area contributed by atoms with Crippen LogP contribution in [-0.2, 0) is 0 Å². The Morgan fingerprint density at radius 3 is 2.81 bits per heavy atom. The van der Waals surface area contributed by atoms with Gasteiger partial charge in [0, 0.05) is 6.04 Å². The fraction of sp³-hybridized carbons (Fsp3) is 0.182. The maximum atomic E-state index is 8.66. The van der Waals surface area contributed by atoms with Crippen molar-refractivity contribution in [3.63, 3.8) is 0 Å². The van der Waals surface area contributed by atoms with Gasteiger partial charge in [-0.3, -0.25) is 0 Å². The van der Waals surface area contributed by atoms with Crippen molar-refractivity contribution in [2.24, 2.45) is 5.73 Å². The van der Waals surface area contributed by atoms with Gasteiger partial charge < -0.3 is 5.73 Å². The van der Waals surface area contributed by atoms with Crippen molar-refractivity contribution >= 4 is 0 Å². The van der Waals surface area contributed by atoms with E-state index in [0.29, 0.717) is 0 Å². The molecular formula is C11H11N5. The van der Waals surface area contributed by atoms with Gasteiger partial charge in [0.15, 0.2) is 0 Å². The number of nitrogens with zero attached hydrogens (tertiary/aromatic N) is 4. The second-order valence-electron chi connectivity index (χ2n) is 3.47. The van der Waals surface area contributed by atoms with Crippen molar-refractivity contribution in [3.8, 4) is 11.8 Å². The molecule has 0 saturated carbocycles. The van der Waals surface area contributed by atoms with E-state index in [1.54, 1.807) is 4.68 Å². The van der Waals surface area contributed by atoms with E-state index in [1.165, 1.54) is 6.33 Å². The maximum absolute atomic E-state index is 8.66. The Morgan fingerprint density at radius 2 is 2.19 bits per heavy atom. The summed E-state index contributed by atoms with van der Waals surface area (Å²) >= 11 is 0. The molecule has 0 radical (unpaired) electrons. The van der Waals surface area contributed by atoms with Crippen molar-refractivity contribution in [1.82, 2.24) is 14.8 Å². The molecule has 5 nitrogen and oxygen atoms in total. The summed E-state index contributed by atoms with van der Waals surface area (Å²) in [5, 5.41) is 12.7. The highest BCUT2D eigenvalue weighted by molar-refractivity contribution is 5.41. The van der Waals surface area contributed by atoms with Gasteiger partial charge >= 0.3 is 0 Å². The van der Waals surface area contributed by atoms with Crippen LogP contribution in [0.2, 0.25) is 0 Å². The van der Waals surface area contributed by atoms with Crippen LogP contribution >= 0.6 is 0 Å². The second-order valence-corrected chi connectivity index (χ2v) is 3.47. The molecule has 0 spiro atoms. The summed E-state index contributed by atoms with van der Waals surface area (Å²) in [7, 11) is 0. The third kappa shape index (κ3) is 1.78.